The lowest BCUT2D eigenvalue weighted by Gasteiger charge is -2.24. The van der Waals surface area contributed by atoms with Gasteiger partial charge in [0.15, 0.2) is 0 Å². The minimum atomic E-state index is 0.486. The molecular weight excluding hydrogens is 160 g/mol. The molecule has 0 nitrogen and oxygen atoms in total. The van der Waals surface area contributed by atoms with E-state index in [0.717, 1.165) is 9.83 Å². The minimum Gasteiger partial charge on any atom is -0.146 e. The zero-order valence-corrected chi connectivity index (χ0v) is 8.81. The summed E-state index contributed by atoms with van der Waals surface area (Å²) in [7, 11) is 0. The zero-order valence-electron chi connectivity index (χ0n) is 7.18. The summed E-state index contributed by atoms with van der Waals surface area (Å²) in [6.07, 6.45) is 0. The maximum absolute atomic E-state index is 2.33. The van der Waals surface area contributed by atoms with E-state index in [9.17, 15) is 0 Å². The maximum Gasteiger partial charge on any atom is 0.0554 e. The summed E-state index contributed by atoms with van der Waals surface area (Å²) < 4.78 is 0.822. The molecule has 1 rings (SSSR count). The molecule has 0 bridgehead atoms. The van der Waals surface area contributed by atoms with Crippen molar-refractivity contribution in [2.75, 3.05) is 5.75 Å². The fourth-order valence-electron chi connectivity index (χ4n) is 0.967. The van der Waals surface area contributed by atoms with Crippen LogP contribution in [0.3, 0.4) is 0 Å². The Morgan fingerprint density at radius 2 is 1.90 bits per heavy atom. The highest BCUT2D eigenvalue weighted by Gasteiger charge is 2.32. The molecule has 0 N–H and O–H groups in total. The first-order valence-electron chi connectivity index (χ1n) is 3.77. The van der Waals surface area contributed by atoms with Crippen molar-refractivity contribution in [1.29, 1.82) is 0 Å². The van der Waals surface area contributed by atoms with Crippen LogP contribution in [0, 0.1) is 5.41 Å². The first-order valence-corrected chi connectivity index (χ1v) is 5.76. The highest BCUT2D eigenvalue weighted by molar-refractivity contribution is 8.20. The van der Waals surface area contributed by atoms with E-state index in [-0.39, 0.29) is 0 Å². The molecule has 0 aromatic carbocycles. The highest BCUT2D eigenvalue weighted by atomic mass is 32.2. The average molecular weight is 176 g/mol. The Morgan fingerprint density at radius 3 is 2.10 bits per heavy atom. The van der Waals surface area contributed by atoms with Gasteiger partial charge in [0.2, 0.25) is 0 Å². The molecule has 1 heterocycles. The van der Waals surface area contributed by atoms with Crippen molar-refractivity contribution in [2.45, 2.75) is 37.5 Å². The lowest BCUT2D eigenvalue weighted by atomic mass is 10.0. The Morgan fingerprint density at radius 1 is 1.30 bits per heavy atom. The molecule has 0 spiro atoms. The van der Waals surface area contributed by atoms with Crippen LogP contribution in [0.1, 0.15) is 27.7 Å². The van der Waals surface area contributed by atoms with E-state index < -0.39 is 0 Å². The Balaban J connectivity index is 2.45. The first kappa shape index (κ1) is 8.79. The molecule has 0 saturated carbocycles. The van der Waals surface area contributed by atoms with E-state index in [4.69, 9.17) is 0 Å². The van der Waals surface area contributed by atoms with Crippen LogP contribution in [0.2, 0.25) is 0 Å². The van der Waals surface area contributed by atoms with Crippen LogP contribution >= 0.6 is 23.5 Å². The fourth-order valence-corrected chi connectivity index (χ4v) is 4.41. The average Bonchev–Trinajstić information content (AvgIpc) is 2.11. The number of rotatable bonds is 0. The molecule has 0 unspecified atom stereocenters. The van der Waals surface area contributed by atoms with Crippen LogP contribution in [-0.4, -0.2) is 15.6 Å². The number of hydrogen-bond donors (Lipinski definition) is 0. The van der Waals surface area contributed by atoms with Crippen molar-refractivity contribution in [1.82, 2.24) is 0 Å². The normalized spacial score (nSPS) is 34.8. The van der Waals surface area contributed by atoms with Crippen molar-refractivity contribution in [2.24, 2.45) is 5.41 Å². The van der Waals surface area contributed by atoms with E-state index >= 15 is 0 Å². The van der Waals surface area contributed by atoms with Gasteiger partial charge in [0.05, 0.1) is 4.58 Å². The van der Waals surface area contributed by atoms with E-state index in [1.165, 1.54) is 5.75 Å². The topological polar surface area (TPSA) is 0 Å². The van der Waals surface area contributed by atoms with Crippen molar-refractivity contribution in [3.63, 3.8) is 0 Å². The third-order valence-electron chi connectivity index (χ3n) is 1.55. The molecule has 2 atom stereocenters. The second-order valence-corrected chi connectivity index (χ2v) is 6.96. The Labute approximate surface area is 72.5 Å². The Hall–Kier alpha value is 0.700. The smallest absolute Gasteiger partial charge is 0.0554 e. The van der Waals surface area contributed by atoms with Gasteiger partial charge in [-0.15, -0.1) is 23.5 Å². The highest BCUT2D eigenvalue weighted by Crippen LogP contribution is 2.46. The molecular formula is C8H16S2. The monoisotopic (exact) mass is 176 g/mol. The predicted octanol–water partition coefficient (Wildman–Crippen LogP) is 3.23. The molecule has 0 amide bonds. The first-order chi connectivity index (χ1) is 4.50. The summed E-state index contributed by atoms with van der Waals surface area (Å²) in [5.74, 6) is 1.34. The second kappa shape index (κ2) is 2.98. The molecule has 0 aromatic rings. The quantitative estimate of drug-likeness (QED) is 0.556. The molecule has 0 aromatic heterocycles. The molecule has 1 aliphatic heterocycles. The molecule has 1 aliphatic rings. The molecule has 60 valence electrons. The van der Waals surface area contributed by atoms with E-state index in [0.29, 0.717) is 5.41 Å². The second-order valence-electron chi connectivity index (χ2n) is 3.98. The standard InChI is InChI=1S/C8H16S2/c1-6-5-9-7(10-6)8(2,3)4/h6-7H,5H2,1-4H3/t6-,7+/m1/s1. The lowest BCUT2D eigenvalue weighted by molar-refractivity contribution is 0.461. The number of hydrogen-bond acceptors (Lipinski definition) is 2. The van der Waals surface area contributed by atoms with Gasteiger partial charge in [0.1, 0.15) is 0 Å². The van der Waals surface area contributed by atoms with Crippen molar-refractivity contribution >= 4 is 23.5 Å². The van der Waals surface area contributed by atoms with Crippen molar-refractivity contribution < 1.29 is 0 Å². The van der Waals surface area contributed by atoms with E-state index in [1.54, 1.807) is 0 Å². The molecule has 0 aliphatic carbocycles. The zero-order chi connectivity index (χ0) is 7.78. The van der Waals surface area contributed by atoms with Crippen LogP contribution in [0.5, 0.6) is 0 Å². The Bertz CT molecular complexity index is 115. The molecule has 1 saturated heterocycles. The minimum absolute atomic E-state index is 0.486. The summed E-state index contributed by atoms with van der Waals surface area (Å²) in [5.41, 5.74) is 0.486. The molecule has 1 fully saturated rings. The van der Waals surface area contributed by atoms with Gasteiger partial charge >= 0.3 is 0 Å². The third-order valence-corrected chi connectivity index (χ3v) is 5.79. The van der Waals surface area contributed by atoms with E-state index in [1.807, 2.05) is 0 Å². The van der Waals surface area contributed by atoms with Crippen LogP contribution < -0.4 is 0 Å². The van der Waals surface area contributed by atoms with Crippen LogP contribution in [0.4, 0.5) is 0 Å². The largest absolute Gasteiger partial charge is 0.146 e. The SMILES string of the molecule is C[C@@H]1CS[C@H](C(C)(C)C)S1. The predicted molar refractivity (Wildman–Crippen MR) is 52.8 cm³/mol. The van der Waals surface area contributed by atoms with Gasteiger partial charge in [-0.3, -0.25) is 0 Å². The molecule has 2 heteroatoms. The molecule has 10 heavy (non-hydrogen) atoms. The lowest BCUT2D eigenvalue weighted by Crippen LogP contribution is -2.17. The van der Waals surface area contributed by atoms with Gasteiger partial charge < -0.3 is 0 Å². The summed E-state index contributed by atoms with van der Waals surface area (Å²) in [4.78, 5) is 0. The summed E-state index contributed by atoms with van der Waals surface area (Å²) in [5, 5.41) is 0.870. The molecule has 0 radical (unpaired) electrons. The maximum atomic E-state index is 2.33. The van der Waals surface area contributed by atoms with Crippen molar-refractivity contribution in [3.05, 3.63) is 0 Å². The summed E-state index contributed by atoms with van der Waals surface area (Å²) >= 11 is 4.26. The van der Waals surface area contributed by atoms with Gasteiger partial charge in [0, 0.05) is 11.0 Å². The van der Waals surface area contributed by atoms with Crippen LogP contribution in [0.25, 0.3) is 0 Å². The van der Waals surface area contributed by atoms with Gasteiger partial charge in [-0.2, -0.15) is 0 Å². The summed E-state index contributed by atoms with van der Waals surface area (Å²) in [6.45, 7) is 9.31. The van der Waals surface area contributed by atoms with Gasteiger partial charge in [-0.05, 0) is 5.41 Å². The van der Waals surface area contributed by atoms with Gasteiger partial charge in [-0.1, -0.05) is 27.7 Å². The van der Waals surface area contributed by atoms with Crippen molar-refractivity contribution in [3.8, 4) is 0 Å². The fraction of sp³-hybridized carbons (Fsp3) is 1.00. The van der Waals surface area contributed by atoms with Gasteiger partial charge in [-0.25, -0.2) is 0 Å². The Kier molecular flexibility index (Phi) is 2.62. The van der Waals surface area contributed by atoms with Crippen LogP contribution in [0.15, 0.2) is 0 Å². The van der Waals surface area contributed by atoms with Gasteiger partial charge in [0.25, 0.3) is 0 Å². The van der Waals surface area contributed by atoms with Crippen LogP contribution in [-0.2, 0) is 0 Å². The van der Waals surface area contributed by atoms with E-state index in [2.05, 4.69) is 51.2 Å². The third kappa shape index (κ3) is 2.09. The summed E-state index contributed by atoms with van der Waals surface area (Å²) in [6, 6.07) is 0. The number of thioether (sulfide) groups is 2.